The highest BCUT2D eigenvalue weighted by molar-refractivity contribution is 7.15. The molecule has 5 rings (SSSR count). The summed E-state index contributed by atoms with van der Waals surface area (Å²) in [6.07, 6.45) is 5.98. The number of nitrogens with zero attached hydrogens (tertiary/aromatic N) is 3. The van der Waals surface area contributed by atoms with Crippen LogP contribution >= 0.6 is 11.3 Å². The van der Waals surface area contributed by atoms with Crippen molar-refractivity contribution in [2.24, 2.45) is 23.2 Å². The summed E-state index contributed by atoms with van der Waals surface area (Å²) in [6, 6.07) is 4.00. The van der Waals surface area contributed by atoms with Crippen LogP contribution in [-0.4, -0.2) is 71.4 Å². The van der Waals surface area contributed by atoms with Gasteiger partial charge in [-0.2, -0.15) is 0 Å². The quantitative estimate of drug-likeness (QED) is 0.635. The zero-order chi connectivity index (χ0) is 24.6. The summed E-state index contributed by atoms with van der Waals surface area (Å²) in [4.78, 5) is 26.0. The molecule has 6 atom stereocenters. The van der Waals surface area contributed by atoms with E-state index in [-0.39, 0.29) is 35.0 Å². The summed E-state index contributed by atoms with van der Waals surface area (Å²) in [7, 11) is 0. The topological polar surface area (TPSA) is 87.6 Å². The number of rotatable bonds is 6. The van der Waals surface area contributed by atoms with E-state index in [1.165, 1.54) is 4.88 Å². The standard InChI is InChI=1S/C27H38N4O3S/c1-17(25(33)29-9-10-31-11-13-34-14-12-31)20-6-7-27(3)15-21-23(18(2)22(27)24(20)32)30-26(35-21)19-5-4-8-28-16-19/h4-5,8,16-18,20,22,24,32H,6-7,9-15H2,1-3H3,(H,29,33)/t17-,18-,20?,22+,24-,27-/m0/s1. The first-order valence-corrected chi connectivity index (χ1v) is 13.8. The average molecular weight is 499 g/mol. The number of aliphatic hydroxyl groups excluding tert-OH is 1. The van der Waals surface area contributed by atoms with Crippen molar-refractivity contribution in [3.05, 3.63) is 35.1 Å². The predicted octanol–water partition coefficient (Wildman–Crippen LogP) is 3.34. The van der Waals surface area contributed by atoms with Crippen molar-refractivity contribution in [1.29, 1.82) is 0 Å². The maximum absolute atomic E-state index is 13.0. The third kappa shape index (κ3) is 4.90. The van der Waals surface area contributed by atoms with E-state index in [0.717, 1.165) is 68.4 Å². The molecule has 190 valence electrons. The summed E-state index contributed by atoms with van der Waals surface area (Å²) in [6.45, 7) is 11.4. The van der Waals surface area contributed by atoms with Crippen LogP contribution in [0.2, 0.25) is 0 Å². The highest BCUT2D eigenvalue weighted by Gasteiger charge is 2.53. The van der Waals surface area contributed by atoms with Crippen molar-refractivity contribution in [3.63, 3.8) is 0 Å². The number of nitrogens with one attached hydrogen (secondary N) is 1. The third-order valence-electron chi connectivity index (χ3n) is 8.72. The number of amides is 1. The van der Waals surface area contributed by atoms with E-state index in [1.807, 2.05) is 19.2 Å². The van der Waals surface area contributed by atoms with Gasteiger partial charge in [0, 0.05) is 60.8 Å². The normalized spacial score (nSPS) is 31.9. The number of thiazole rings is 1. The minimum Gasteiger partial charge on any atom is -0.392 e. The van der Waals surface area contributed by atoms with Gasteiger partial charge in [0.25, 0.3) is 0 Å². The van der Waals surface area contributed by atoms with Gasteiger partial charge in [-0.1, -0.05) is 20.8 Å². The number of fused-ring (bicyclic) bond motifs is 2. The maximum atomic E-state index is 13.0. The molecule has 3 heterocycles. The number of aromatic nitrogens is 2. The Morgan fingerprint density at radius 2 is 2.20 bits per heavy atom. The Bertz CT molecular complexity index is 1020. The van der Waals surface area contributed by atoms with E-state index in [1.54, 1.807) is 17.5 Å². The maximum Gasteiger partial charge on any atom is 0.223 e. The number of carbonyl (C=O) groups is 1. The van der Waals surface area contributed by atoms with Gasteiger partial charge < -0.3 is 15.2 Å². The number of ether oxygens (including phenoxy) is 1. The fraction of sp³-hybridized carbons (Fsp3) is 0.667. The molecule has 1 saturated carbocycles. The van der Waals surface area contributed by atoms with Crippen molar-refractivity contribution in [3.8, 4) is 10.6 Å². The van der Waals surface area contributed by atoms with Crippen molar-refractivity contribution >= 4 is 17.2 Å². The molecular formula is C27H38N4O3S. The van der Waals surface area contributed by atoms with Crippen LogP contribution in [0.1, 0.15) is 50.1 Å². The first-order valence-electron chi connectivity index (χ1n) is 13.0. The number of hydrogen-bond acceptors (Lipinski definition) is 7. The number of aliphatic hydroxyl groups is 1. The molecule has 35 heavy (non-hydrogen) atoms. The molecule has 0 radical (unpaired) electrons. The lowest BCUT2D eigenvalue weighted by atomic mass is 9.53. The van der Waals surface area contributed by atoms with Gasteiger partial charge in [-0.25, -0.2) is 4.98 Å². The SMILES string of the molecule is C[C@H](C(=O)NCCN1CCOCC1)C1CC[C@@]2(C)Cc3sc(-c4cccnc4)nc3[C@@H](C)[C@@H]2[C@H]1O. The highest BCUT2D eigenvalue weighted by atomic mass is 32.1. The molecule has 1 saturated heterocycles. The van der Waals surface area contributed by atoms with Crippen LogP contribution < -0.4 is 5.32 Å². The third-order valence-corrected chi connectivity index (χ3v) is 9.84. The molecule has 0 bridgehead atoms. The van der Waals surface area contributed by atoms with Gasteiger partial charge in [-0.3, -0.25) is 14.7 Å². The van der Waals surface area contributed by atoms with Crippen molar-refractivity contribution in [2.75, 3.05) is 39.4 Å². The minimum absolute atomic E-state index is 0.0214. The smallest absolute Gasteiger partial charge is 0.223 e. The first-order chi connectivity index (χ1) is 16.9. The van der Waals surface area contributed by atoms with Gasteiger partial charge in [0.1, 0.15) is 5.01 Å². The van der Waals surface area contributed by atoms with E-state index < -0.39 is 6.10 Å². The monoisotopic (exact) mass is 498 g/mol. The molecule has 0 spiro atoms. The van der Waals surface area contributed by atoms with Crippen molar-refractivity contribution in [2.45, 2.75) is 52.1 Å². The molecule has 1 amide bonds. The zero-order valence-electron chi connectivity index (χ0n) is 21.1. The van der Waals surface area contributed by atoms with Crippen LogP contribution in [0.25, 0.3) is 10.6 Å². The molecule has 0 aromatic carbocycles. The molecule has 7 nitrogen and oxygen atoms in total. The average Bonchev–Trinajstić information content (AvgIpc) is 3.29. The Kier molecular flexibility index (Phi) is 7.26. The van der Waals surface area contributed by atoms with Crippen molar-refractivity contribution < 1.29 is 14.6 Å². The van der Waals surface area contributed by atoms with Gasteiger partial charge in [0.15, 0.2) is 0 Å². The highest BCUT2D eigenvalue weighted by Crippen LogP contribution is 2.57. The van der Waals surface area contributed by atoms with Crippen LogP contribution in [0.15, 0.2) is 24.5 Å². The van der Waals surface area contributed by atoms with Gasteiger partial charge in [-0.05, 0) is 48.6 Å². The Hall–Kier alpha value is -1.87. The van der Waals surface area contributed by atoms with E-state index in [0.29, 0.717) is 6.54 Å². The zero-order valence-corrected chi connectivity index (χ0v) is 21.9. The fourth-order valence-corrected chi connectivity index (χ4v) is 8.03. The second-order valence-corrected chi connectivity index (χ2v) is 12.0. The number of morpholine rings is 1. The molecule has 2 aromatic heterocycles. The molecule has 2 fully saturated rings. The predicted molar refractivity (Wildman–Crippen MR) is 137 cm³/mol. The van der Waals surface area contributed by atoms with Gasteiger partial charge in [0.2, 0.25) is 5.91 Å². The van der Waals surface area contributed by atoms with E-state index >= 15 is 0 Å². The van der Waals surface area contributed by atoms with E-state index in [4.69, 9.17) is 9.72 Å². The van der Waals surface area contributed by atoms with E-state index in [9.17, 15) is 9.90 Å². The summed E-state index contributed by atoms with van der Waals surface area (Å²) in [5.41, 5.74) is 2.19. The first kappa shape index (κ1) is 24.8. The molecule has 1 unspecified atom stereocenters. The Morgan fingerprint density at radius 3 is 2.94 bits per heavy atom. The van der Waals surface area contributed by atoms with Crippen LogP contribution in [0, 0.1) is 23.2 Å². The van der Waals surface area contributed by atoms with E-state index in [2.05, 4.69) is 35.1 Å². The van der Waals surface area contributed by atoms with Gasteiger partial charge in [-0.15, -0.1) is 11.3 Å². The van der Waals surface area contributed by atoms with Crippen LogP contribution in [0.4, 0.5) is 0 Å². The van der Waals surface area contributed by atoms with Gasteiger partial charge in [0.05, 0.1) is 25.0 Å². The van der Waals surface area contributed by atoms with Crippen LogP contribution in [0.3, 0.4) is 0 Å². The summed E-state index contributed by atoms with van der Waals surface area (Å²) < 4.78 is 5.40. The Labute approximate surface area is 212 Å². The summed E-state index contributed by atoms with van der Waals surface area (Å²) in [5, 5.41) is 15.8. The second-order valence-electron chi connectivity index (χ2n) is 10.9. The lowest BCUT2D eigenvalue weighted by Gasteiger charge is -2.53. The number of hydrogen-bond donors (Lipinski definition) is 2. The summed E-state index contributed by atoms with van der Waals surface area (Å²) in [5.74, 6) is 0.0645. The molecule has 2 N–H and O–H groups in total. The fourth-order valence-electron chi connectivity index (χ4n) is 6.68. The number of carbonyl (C=O) groups excluding carboxylic acids is 1. The molecule has 8 heteroatoms. The molecule has 1 aliphatic heterocycles. The lowest BCUT2D eigenvalue weighted by molar-refractivity contribution is -0.134. The van der Waals surface area contributed by atoms with Crippen LogP contribution in [-0.2, 0) is 16.0 Å². The molecule has 3 aliphatic rings. The Balaban J connectivity index is 1.27. The molecule has 2 aliphatic carbocycles. The lowest BCUT2D eigenvalue weighted by Crippen LogP contribution is -2.53. The molecule has 2 aromatic rings. The van der Waals surface area contributed by atoms with Crippen LogP contribution in [0.5, 0.6) is 0 Å². The number of pyridine rings is 1. The van der Waals surface area contributed by atoms with Gasteiger partial charge >= 0.3 is 0 Å². The Morgan fingerprint density at radius 1 is 1.40 bits per heavy atom. The van der Waals surface area contributed by atoms with Crippen molar-refractivity contribution in [1.82, 2.24) is 20.2 Å². The molecular weight excluding hydrogens is 460 g/mol. The second kappa shape index (κ2) is 10.2. The summed E-state index contributed by atoms with van der Waals surface area (Å²) >= 11 is 1.77. The minimum atomic E-state index is -0.513. The largest absolute Gasteiger partial charge is 0.392 e.